The summed E-state index contributed by atoms with van der Waals surface area (Å²) in [5, 5.41) is 0. The van der Waals surface area contributed by atoms with Crippen LogP contribution in [0.25, 0.3) is 0 Å². The van der Waals surface area contributed by atoms with Gasteiger partial charge in [-0.15, -0.1) is 0 Å². The first kappa shape index (κ1) is 6.22. The molecule has 0 aliphatic carbocycles. The first-order chi connectivity index (χ1) is 2.56. The second-order valence-corrected chi connectivity index (χ2v) is 3.23. The monoisotopic (exact) mass is 101 g/mol. The highest BCUT2D eigenvalue weighted by molar-refractivity contribution is 6.15. The predicted octanol–water partition coefficient (Wildman–Crippen LogP) is 0.560. The Morgan fingerprint density at radius 3 is 1.50 bits per heavy atom. The number of hydrogen-bond donors (Lipinski definition) is 0. The molecule has 0 aliphatic rings. The molecular weight excluding hydrogens is 88.1 g/mol. The molecule has 1 heteroatoms. The molecule has 0 saturated carbocycles. The third-order valence-corrected chi connectivity index (χ3v) is 2.60. The summed E-state index contributed by atoms with van der Waals surface area (Å²) in [6.45, 7) is 6.67. The fourth-order valence-corrected chi connectivity index (χ4v) is 0. The third-order valence-electron chi connectivity index (χ3n) is 0.866. The van der Waals surface area contributed by atoms with Crippen LogP contribution in [0.2, 0.25) is 0 Å². The van der Waals surface area contributed by atoms with Crippen molar-refractivity contribution in [3.8, 4) is 0 Å². The zero-order valence-electron chi connectivity index (χ0n) is 5.08. The molecule has 1 radical (unpaired) electrons. The van der Waals surface area contributed by atoms with E-state index in [1.165, 1.54) is 10.2 Å². The first-order valence-corrected chi connectivity index (χ1v) is 3.52. The van der Waals surface area contributed by atoms with Crippen LogP contribution in [0.5, 0.6) is 0 Å². The second kappa shape index (κ2) is 1.78. The Hall–Kier alpha value is 0.217. The highest BCUT2D eigenvalue weighted by Gasteiger charge is 2.03. The molecule has 0 rings (SSSR count). The van der Waals surface area contributed by atoms with E-state index in [1.807, 2.05) is 0 Å². The molecule has 0 aromatic heterocycles. The van der Waals surface area contributed by atoms with Gasteiger partial charge in [0.15, 0.2) is 0 Å². The standard InChI is InChI=1S/C5H13Si/c1-5(2,3)4-6/h4H,1-3,6H3. The normalized spacial score (nSPS) is 12.5. The maximum absolute atomic E-state index is 2.33. The minimum Gasteiger partial charge on any atom is -0.0602 e. The molecule has 0 nitrogen and oxygen atoms in total. The van der Waals surface area contributed by atoms with Gasteiger partial charge in [0.05, 0.1) is 0 Å². The van der Waals surface area contributed by atoms with Crippen molar-refractivity contribution in [1.29, 1.82) is 0 Å². The van der Waals surface area contributed by atoms with Gasteiger partial charge >= 0.3 is 0 Å². The maximum Gasteiger partial charge on any atom is 0.00737 e. The van der Waals surface area contributed by atoms with E-state index >= 15 is 0 Å². The predicted molar refractivity (Wildman–Crippen MR) is 33.7 cm³/mol. The summed E-state index contributed by atoms with van der Waals surface area (Å²) in [4.78, 5) is 0. The number of hydrogen-bond acceptors (Lipinski definition) is 0. The van der Waals surface area contributed by atoms with Crippen molar-refractivity contribution < 1.29 is 0 Å². The largest absolute Gasteiger partial charge is 0.0602 e. The van der Waals surface area contributed by atoms with Gasteiger partial charge < -0.3 is 0 Å². The highest BCUT2D eigenvalue weighted by Crippen LogP contribution is 2.13. The zero-order valence-corrected chi connectivity index (χ0v) is 7.08. The summed E-state index contributed by atoms with van der Waals surface area (Å²) in [5.41, 5.74) is 0.478. The molecule has 0 heterocycles. The Balaban J connectivity index is 3.17. The van der Waals surface area contributed by atoms with Gasteiger partial charge in [0.25, 0.3) is 0 Å². The van der Waals surface area contributed by atoms with Crippen LogP contribution in [0.4, 0.5) is 0 Å². The number of rotatable bonds is 0. The van der Waals surface area contributed by atoms with Crippen LogP contribution in [-0.4, -0.2) is 10.2 Å². The summed E-state index contributed by atoms with van der Waals surface area (Å²) in [6, 6.07) is 2.33. The van der Waals surface area contributed by atoms with Crippen LogP contribution in [0.1, 0.15) is 20.8 Å². The summed E-state index contributed by atoms with van der Waals surface area (Å²) in [5.74, 6) is 0. The van der Waals surface area contributed by atoms with Crippen molar-refractivity contribution in [3.63, 3.8) is 0 Å². The molecule has 0 spiro atoms. The first-order valence-electron chi connectivity index (χ1n) is 2.37. The molecule has 0 aromatic carbocycles. The van der Waals surface area contributed by atoms with Crippen molar-refractivity contribution in [2.75, 3.05) is 0 Å². The quantitative estimate of drug-likeness (QED) is 0.391. The van der Waals surface area contributed by atoms with Gasteiger partial charge in [0.1, 0.15) is 0 Å². The van der Waals surface area contributed by atoms with Crippen molar-refractivity contribution in [3.05, 3.63) is 6.04 Å². The third kappa shape index (κ3) is 4.22. The summed E-state index contributed by atoms with van der Waals surface area (Å²) in [6.07, 6.45) is 0. The lowest BCUT2D eigenvalue weighted by atomic mass is 10.0. The average molecular weight is 101 g/mol. The van der Waals surface area contributed by atoms with Crippen LogP contribution < -0.4 is 0 Å². The smallest absolute Gasteiger partial charge is 0.00737 e. The lowest BCUT2D eigenvalue weighted by molar-refractivity contribution is 0.524. The van der Waals surface area contributed by atoms with Crippen LogP contribution in [0.3, 0.4) is 0 Å². The average Bonchev–Trinajstić information content (AvgIpc) is 1.35. The van der Waals surface area contributed by atoms with E-state index in [0.29, 0.717) is 5.41 Å². The van der Waals surface area contributed by atoms with Crippen molar-refractivity contribution in [1.82, 2.24) is 0 Å². The van der Waals surface area contributed by atoms with Crippen molar-refractivity contribution >= 4 is 10.2 Å². The molecule has 6 heavy (non-hydrogen) atoms. The fraction of sp³-hybridized carbons (Fsp3) is 0.800. The second-order valence-electron chi connectivity index (χ2n) is 2.65. The van der Waals surface area contributed by atoms with E-state index in [0.717, 1.165) is 0 Å². The Kier molecular flexibility index (Phi) is 1.85. The lowest BCUT2D eigenvalue weighted by Crippen LogP contribution is -2.04. The van der Waals surface area contributed by atoms with Crippen LogP contribution in [0, 0.1) is 11.5 Å². The van der Waals surface area contributed by atoms with Crippen LogP contribution in [-0.2, 0) is 0 Å². The van der Waals surface area contributed by atoms with Gasteiger partial charge in [-0.3, -0.25) is 0 Å². The molecule has 0 aromatic rings. The van der Waals surface area contributed by atoms with Gasteiger partial charge in [-0.2, -0.15) is 0 Å². The Morgan fingerprint density at radius 2 is 1.50 bits per heavy atom. The van der Waals surface area contributed by atoms with Crippen molar-refractivity contribution in [2.45, 2.75) is 20.8 Å². The molecule has 0 fully saturated rings. The van der Waals surface area contributed by atoms with Gasteiger partial charge in [-0.25, -0.2) is 0 Å². The summed E-state index contributed by atoms with van der Waals surface area (Å²) < 4.78 is 0. The molecule has 0 saturated heterocycles. The van der Waals surface area contributed by atoms with E-state index < -0.39 is 0 Å². The van der Waals surface area contributed by atoms with Gasteiger partial charge in [0.2, 0.25) is 0 Å². The summed E-state index contributed by atoms with van der Waals surface area (Å²) in [7, 11) is 1.22. The molecule has 37 valence electrons. The highest BCUT2D eigenvalue weighted by atomic mass is 28.1. The van der Waals surface area contributed by atoms with E-state index in [9.17, 15) is 0 Å². The van der Waals surface area contributed by atoms with E-state index in [4.69, 9.17) is 0 Å². The minimum absolute atomic E-state index is 0.478. The Bertz CT molecular complexity index is 33.7. The molecule has 0 unspecified atom stereocenters. The molecule has 0 atom stereocenters. The molecule has 0 N–H and O–H groups in total. The van der Waals surface area contributed by atoms with E-state index in [-0.39, 0.29) is 0 Å². The lowest BCUT2D eigenvalue weighted by Gasteiger charge is -2.12. The zero-order chi connectivity index (χ0) is 5.21. The van der Waals surface area contributed by atoms with Crippen molar-refractivity contribution in [2.24, 2.45) is 5.41 Å². The molecular formula is C5H13Si. The minimum atomic E-state index is 0.478. The van der Waals surface area contributed by atoms with Gasteiger partial charge in [-0.05, 0) is 11.5 Å². The molecule has 0 bridgehead atoms. The fourth-order valence-electron chi connectivity index (χ4n) is 0. The van der Waals surface area contributed by atoms with Crippen LogP contribution in [0.15, 0.2) is 0 Å². The SMILES string of the molecule is CC(C)(C)[CH][SiH3]. The van der Waals surface area contributed by atoms with Gasteiger partial charge in [0, 0.05) is 10.2 Å². The Labute approximate surface area is 43.4 Å². The maximum atomic E-state index is 2.33. The van der Waals surface area contributed by atoms with E-state index in [1.54, 1.807) is 0 Å². The topological polar surface area (TPSA) is 0 Å². The molecule has 0 amide bonds. The molecule has 0 aliphatic heterocycles. The van der Waals surface area contributed by atoms with E-state index in [2.05, 4.69) is 26.8 Å². The summed E-state index contributed by atoms with van der Waals surface area (Å²) >= 11 is 0. The Morgan fingerprint density at radius 1 is 1.33 bits per heavy atom. The van der Waals surface area contributed by atoms with Gasteiger partial charge in [-0.1, -0.05) is 20.8 Å². The van der Waals surface area contributed by atoms with Crippen LogP contribution >= 0.6 is 0 Å².